The molecule has 26 heavy (non-hydrogen) atoms. The molecule has 6 heteroatoms. The van der Waals surface area contributed by atoms with Gasteiger partial charge in [0, 0.05) is 18.3 Å². The minimum atomic E-state index is -2.56. The summed E-state index contributed by atoms with van der Waals surface area (Å²) in [6, 6.07) is 5.99. The summed E-state index contributed by atoms with van der Waals surface area (Å²) in [5, 5.41) is 0. The maximum absolute atomic E-state index is 13.4. The van der Waals surface area contributed by atoms with Crippen LogP contribution in [0, 0.1) is 0 Å². The highest BCUT2D eigenvalue weighted by Gasteiger charge is 2.52. The van der Waals surface area contributed by atoms with Crippen molar-refractivity contribution in [3.63, 3.8) is 0 Å². The molecule has 0 amide bonds. The predicted octanol–water partition coefficient (Wildman–Crippen LogP) is 4.50. The van der Waals surface area contributed by atoms with Crippen molar-refractivity contribution in [2.24, 2.45) is 0 Å². The minimum Gasteiger partial charge on any atom is -0.491 e. The first-order valence-corrected chi connectivity index (χ1v) is 9.56. The molecule has 1 aromatic carbocycles. The third-order valence-corrected chi connectivity index (χ3v) is 5.95. The van der Waals surface area contributed by atoms with Gasteiger partial charge in [-0.25, -0.2) is 8.78 Å². The monoisotopic (exact) mass is 366 g/mol. The van der Waals surface area contributed by atoms with Crippen molar-refractivity contribution in [2.45, 2.75) is 90.0 Å². The summed E-state index contributed by atoms with van der Waals surface area (Å²) in [5.41, 5.74) is 1.13. The Bertz CT molecular complexity index is 634. The van der Waals surface area contributed by atoms with Crippen molar-refractivity contribution in [1.82, 2.24) is 0 Å². The molecule has 0 bridgehead atoms. The highest BCUT2D eigenvalue weighted by molar-refractivity contribution is 6.63. The Morgan fingerprint density at radius 2 is 1.65 bits per heavy atom. The fraction of sp³-hybridized carbons (Fsp3) is 0.700. The fourth-order valence-electron chi connectivity index (χ4n) is 3.39. The molecule has 2 fully saturated rings. The van der Waals surface area contributed by atoms with E-state index in [1.54, 1.807) is 0 Å². The lowest BCUT2D eigenvalue weighted by Crippen LogP contribution is -2.41. The Balaban J connectivity index is 1.83. The average Bonchev–Trinajstić information content (AvgIpc) is 2.77. The smallest absolute Gasteiger partial charge is 0.491 e. The first-order valence-electron chi connectivity index (χ1n) is 9.56. The molecule has 3 nitrogen and oxygen atoms in total. The van der Waals surface area contributed by atoms with Crippen LogP contribution >= 0.6 is 0 Å². The number of rotatable bonds is 4. The third-order valence-electron chi connectivity index (χ3n) is 5.95. The SMILES string of the molecule is CCc1ccc(OC2CCC(F)(F)CC2)c(B2OC(C)(C)C(C)(C)O2)c1. The third kappa shape index (κ3) is 3.91. The molecule has 0 aromatic heterocycles. The Morgan fingerprint density at radius 3 is 2.19 bits per heavy atom. The van der Waals surface area contributed by atoms with Gasteiger partial charge in [0.2, 0.25) is 5.92 Å². The Kier molecular flexibility index (Phi) is 5.12. The average molecular weight is 366 g/mol. The van der Waals surface area contributed by atoms with Crippen molar-refractivity contribution in [3.8, 4) is 5.75 Å². The van der Waals surface area contributed by atoms with Gasteiger partial charge in [0.25, 0.3) is 0 Å². The number of aryl methyl sites for hydroxylation is 1. The summed E-state index contributed by atoms with van der Waals surface area (Å²) in [4.78, 5) is 0. The van der Waals surface area contributed by atoms with E-state index in [0.29, 0.717) is 18.6 Å². The van der Waals surface area contributed by atoms with Crippen LogP contribution in [0.5, 0.6) is 5.75 Å². The summed E-state index contributed by atoms with van der Waals surface area (Å²) in [7, 11) is -0.522. The zero-order valence-electron chi connectivity index (χ0n) is 16.4. The number of ether oxygens (including phenoxy) is 1. The largest absolute Gasteiger partial charge is 0.498 e. The van der Waals surface area contributed by atoms with Gasteiger partial charge in [0.15, 0.2) is 0 Å². The molecular formula is C20H29BF2O3. The van der Waals surface area contributed by atoms with Crippen LogP contribution in [0.2, 0.25) is 0 Å². The van der Waals surface area contributed by atoms with Gasteiger partial charge < -0.3 is 14.0 Å². The van der Waals surface area contributed by atoms with Crippen LogP contribution in [0.15, 0.2) is 18.2 Å². The van der Waals surface area contributed by atoms with Gasteiger partial charge in [-0.3, -0.25) is 0 Å². The summed E-state index contributed by atoms with van der Waals surface area (Å²) in [6.07, 6.45) is 1.20. The van der Waals surface area contributed by atoms with E-state index in [4.69, 9.17) is 14.0 Å². The molecule has 3 rings (SSSR count). The molecule has 1 aliphatic heterocycles. The molecule has 0 radical (unpaired) electrons. The predicted molar refractivity (Wildman–Crippen MR) is 99.4 cm³/mol. The summed E-state index contributed by atoms with van der Waals surface area (Å²) in [5.74, 6) is -1.88. The van der Waals surface area contributed by atoms with Gasteiger partial charge >= 0.3 is 7.12 Å². The zero-order chi connectivity index (χ0) is 19.2. The van der Waals surface area contributed by atoms with E-state index in [0.717, 1.165) is 17.4 Å². The van der Waals surface area contributed by atoms with E-state index in [2.05, 4.69) is 13.0 Å². The van der Waals surface area contributed by atoms with Crippen molar-refractivity contribution in [1.29, 1.82) is 0 Å². The van der Waals surface area contributed by atoms with Gasteiger partial charge in [-0.1, -0.05) is 19.1 Å². The topological polar surface area (TPSA) is 27.7 Å². The quantitative estimate of drug-likeness (QED) is 0.734. The lowest BCUT2D eigenvalue weighted by atomic mass is 9.77. The Morgan fingerprint density at radius 1 is 1.08 bits per heavy atom. The van der Waals surface area contributed by atoms with Crippen molar-refractivity contribution in [2.75, 3.05) is 0 Å². The lowest BCUT2D eigenvalue weighted by molar-refractivity contribution is -0.0581. The molecule has 0 unspecified atom stereocenters. The van der Waals surface area contributed by atoms with Crippen molar-refractivity contribution in [3.05, 3.63) is 23.8 Å². The summed E-state index contributed by atoms with van der Waals surface area (Å²) in [6.45, 7) is 10.1. The standard InChI is InChI=1S/C20H29BF2O3/c1-6-14-7-8-17(24-15-9-11-20(22,23)12-10-15)16(13-14)21-25-18(2,3)19(4,5)26-21/h7-8,13,15H,6,9-12H2,1-5H3. The van der Waals surface area contributed by atoms with Crippen molar-refractivity contribution >= 4 is 12.6 Å². The Labute approximate surface area is 155 Å². The van der Waals surface area contributed by atoms with Gasteiger partial charge in [0.05, 0.1) is 17.3 Å². The molecule has 0 spiro atoms. The highest BCUT2D eigenvalue weighted by atomic mass is 19.3. The second-order valence-corrected chi connectivity index (χ2v) is 8.49. The van der Waals surface area contributed by atoms with E-state index >= 15 is 0 Å². The van der Waals surface area contributed by atoms with Gasteiger partial charge in [0.1, 0.15) is 5.75 Å². The number of hydrogen-bond donors (Lipinski definition) is 0. The number of benzene rings is 1. The van der Waals surface area contributed by atoms with E-state index in [1.807, 2.05) is 39.8 Å². The normalized spacial score (nSPS) is 24.7. The first-order chi connectivity index (χ1) is 12.0. The van der Waals surface area contributed by atoms with Crippen molar-refractivity contribution < 1.29 is 22.8 Å². The van der Waals surface area contributed by atoms with Crippen LogP contribution in [0.25, 0.3) is 0 Å². The van der Waals surface area contributed by atoms with Crippen LogP contribution in [0.4, 0.5) is 8.78 Å². The van der Waals surface area contributed by atoms with Crippen LogP contribution in [0.1, 0.15) is 65.9 Å². The van der Waals surface area contributed by atoms with E-state index in [1.165, 1.54) is 0 Å². The first kappa shape index (κ1) is 19.6. The van der Waals surface area contributed by atoms with Crippen LogP contribution in [-0.2, 0) is 15.7 Å². The lowest BCUT2D eigenvalue weighted by Gasteiger charge is -2.32. The highest BCUT2D eigenvalue weighted by Crippen LogP contribution is 2.38. The summed E-state index contributed by atoms with van der Waals surface area (Å²) < 4.78 is 45.3. The molecule has 1 aromatic rings. The van der Waals surface area contributed by atoms with Crippen LogP contribution in [-0.4, -0.2) is 30.3 Å². The summed E-state index contributed by atoms with van der Waals surface area (Å²) >= 11 is 0. The molecule has 1 saturated carbocycles. The second-order valence-electron chi connectivity index (χ2n) is 8.49. The van der Waals surface area contributed by atoms with E-state index in [9.17, 15) is 8.78 Å². The van der Waals surface area contributed by atoms with E-state index in [-0.39, 0.29) is 18.9 Å². The molecule has 0 atom stereocenters. The van der Waals surface area contributed by atoms with Crippen LogP contribution in [0.3, 0.4) is 0 Å². The second kappa shape index (κ2) is 6.79. The fourth-order valence-corrected chi connectivity index (χ4v) is 3.39. The molecule has 2 aliphatic rings. The minimum absolute atomic E-state index is 0.115. The molecule has 1 heterocycles. The zero-order valence-corrected chi connectivity index (χ0v) is 16.4. The van der Waals surface area contributed by atoms with Crippen LogP contribution < -0.4 is 10.2 Å². The van der Waals surface area contributed by atoms with Gasteiger partial charge in [-0.2, -0.15) is 0 Å². The molecule has 1 saturated heterocycles. The number of alkyl halides is 2. The molecule has 0 N–H and O–H groups in total. The number of hydrogen-bond acceptors (Lipinski definition) is 3. The molecular weight excluding hydrogens is 337 g/mol. The molecule has 1 aliphatic carbocycles. The maximum Gasteiger partial charge on any atom is 0.498 e. The molecule has 144 valence electrons. The van der Waals surface area contributed by atoms with Gasteiger partial charge in [-0.15, -0.1) is 0 Å². The Hall–Kier alpha value is -1.14. The number of halogens is 2. The van der Waals surface area contributed by atoms with Gasteiger partial charge in [-0.05, 0) is 58.6 Å². The maximum atomic E-state index is 13.4. The van der Waals surface area contributed by atoms with E-state index < -0.39 is 24.2 Å².